The Balaban J connectivity index is 1.32. The van der Waals surface area contributed by atoms with E-state index in [-0.39, 0.29) is 11.3 Å². The number of carbonyl (C=O) groups excluding carboxylic acids is 1. The van der Waals surface area contributed by atoms with Crippen molar-refractivity contribution in [2.45, 2.75) is 45.7 Å². The van der Waals surface area contributed by atoms with E-state index >= 15 is 0 Å². The van der Waals surface area contributed by atoms with Crippen molar-refractivity contribution in [3.63, 3.8) is 0 Å². The van der Waals surface area contributed by atoms with Gasteiger partial charge in [0.05, 0.1) is 6.54 Å². The summed E-state index contributed by atoms with van der Waals surface area (Å²) >= 11 is 0. The molecular formula is C20H28N6O. The van der Waals surface area contributed by atoms with E-state index in [4.69, 9.17) is 0 Å². The van der Waals surface area contributed by atoms with Gasteiger partial charge in [-0.05, 0) is 48.7 Å². The monoisotopic (exact) mass is 368 g/mol. The molecule has 0 aliphatic carbocycles. The van der Waals surface area contributed by atoms with Gasteiger partial charge in [0, 0.05) is 38.0 Å². The Morgan fingerprint density at radius 2 is 2.15 bits per heavy atom. The molecule has 1 spiro atoms. The van der Waals surface area contributed by atoms with Crippen LogP contribution >= 0.6 is 0 Å². The molecule has 2 fully saturated rings. The number of likely N-dealkylation sites (tertiary alicyclic amines) is 2. The van der Waals surface area contributed by atoms with Crippen molar-refractivity contribution in [1.29, 1.82) is 0 Å². The van der Waals surface area contributed by atoms with E-state index in [1.807, 2.05) is 0 Å². The number of carbonyl (C=O) groups is 1. The lowest BCUT2D eigenvalue weighted by Gasteiger charge is -2.40. The minimum absolute atomic E-state index is 0.221. The average Bonchev–Trinajstić information content (AvgIpc) is 3.30. The molecule has 1 amide bonds. The van der Waals surface area contributed by atoms with E-state index in [1.54, 1.807) is 11.0 Å². The minimum atomic E-state index is 0.221. The summed E-state index contributed by atoms with van der Waals surface area (Å²) in [5.74, 6) is 0.221. The second-order valence-corrected chi connectivity index (χ2v) is 8.19. The van der Waals surface area contributed by atoms with Gasteiger partial charge in [-0.2, -0.15) is 0 Å². The molecule has 1 aromatic heterocycles. The molecule has 0 radical (unpaired) electrons. The molecule has 27 heavy (non-hydrogen) atoms. The third-order valence-electron chi connectivity index (χ3n) is 5.97. The maximum absolute atomic E-state index is 12.6. The molecule has 1 aromatic carbocycles. The first-order chi connectivity index (χ1) is 13.1. The Bertz CT molecular complexity index is 777. The van der Waals surface area contributed by atoms with Gasteiger partial charge < -0.3 is 4.90 Å². The molecule has 2 aliphatic rings. The Hall–Kier alpha value is -2.28. The van der Waals surface area contributed by atoms with Crippen molar-refractivity contribution in [3.05, 3.63) is 41.7 Å². The van der Waals surface area contributed by atoms with Crippen LogP contribution in [0, 0.1) is 12.3 Å². The molecule has 2 aliphatic heterocycles. The number of tetrazole rings is 1. The fourth-order valence-corrected chi connectivity index (χ4v) is 4.65. The molecule has 144 valence electrons. The Morgan fingerprint density at radius 3 is 2.96 bits per heavy atom. The van der Waals surface area contributed by atoms with Gasteiger partial charge in [0.25, 0.3) is 0 Å². The van der Waals surface area contributed by atoms with Crippen LogP contribution in [0.2, 0.25) is 0 Å². The van der Waals surface area contributed by atoms with Crippen molar-refractivity contribution < 1.29 is 4.79 Å². The standard InChI is InChI=1S/C20H28N6O/c1-17-4-2-5-18(12-17)13-24-9-3-7-20(14-24)8-11-25(15-20)19(27)6-10-26-16-21-22-23-26/h2,4-5,12,16H,3,6-11,13-15H2,1H3/t20-/m0/s1. The van der Waals surface area contributed by atoms with Gasteiger partial charge in [-0.1, -0.05) is 29.8 Å². The van der Waals surface area contributed by atoms with Crippen LogP contribution in [-0.4, -0.2) is 62.1 Å². The first kappa shape index (κ1) is 18.1. The Kier molecular flexibility index (Phi) is 5.20. The van der Waals surface area contributed by atoms with Gasteiger partial charge in [0.2, 0.25) is 5.91 Å². The van der Waals surface area contributed by atoms with E-state index in [0.717, 1.165) is 39.1 Å². The number of amides is 1. The third-order valence-corrected chi connectivity index (χ3v) is 5.97. The lowest BCUT2D eigenvalue weighted by Crippen LogP contribution is -2.45. The first-order valence-corrected chi connectivity index (χ1v) is 9.88. The van der Waals surface area contributed by atoms with E-state index in [2.05, 4.69) is 56.5 Å². The maximum atomic E-state index is 12.6. The summed E-state index contributed by atoms with van der Waals surface area (Å²) in [5, 5.41) is 11.1. The molecule has 0 unspecified atom stereocenters. The van der Waals surface area contributed by atoms with Gasteiger partial charge in [0.15, 0.2) is 0 Å². The summed E-state index contributed by atoms with van der Waals surface area (Å²) in [6, 6.07) is 8.80. The summed E-state index contributed by atoms with van der Waals surface area (Å²) < 4.78 is 1.62. The van der Waals surface area contributed by atoms with Crippen molar-refractivity contribution in [1.82, 2.24) is 30.0 Å². The number of piperidine rings is 1. The van der Waals surface area contributed by atoms with Gasteiger partial charge in [0.1, 0.15) is 6.33 Å². The van der Waals surface area contributed by atoms with Crippen LogP contribution in [0.15, 0.2) is 30.6 Å². The van der Waals surface area contributed by atoms with Crippen LogP contribution < -0.4 is 0 Å². The average molecular weight is 368 g/mol. The molecule has 0 N–H and O–H groups in total. The number of aromatic nitrogens is 4. The largest absolute Gasteiger partial charge is 0.342 e. The fourth-order valence-electron chi connectivity index (χ4n) is 4.65. The number of nitrogens with zero attached hydrogens (tertiary/aromatic N) is 6. The molecule has 2 aromatic rings. The molecule has 1 atom stereocenters. The molecule has 7 nitrogen and oxygen atoms in total. The van der Waals surface area contributed by atoms with E-state index in [0.29, 0.717) is 13.0 Å². The minimum Gasteiger partial charge on any atom is -0.342 e. The summed E-state index contributed by atoms with van der Waals surface area (Å²) in [6.45, 7) is 7.74. The lowest BCUT2D eigenvalue weighted by atomic mass is 9.79. The summed E-state index contributed by atoms with van der Waals surface area (Å²) in [5.41, 5.74) is 2.98. The van der Waals surface area contributed by atoms with Gasteiger partial charge in [-0.25, -0.2) is 4.68 Å². The highest BCUT2D eigenvalue weighted by atomic mass is 16.2. The zero-order valence-electron chi connectivity index (χ0n) is 16.0. The van der Waals surface area contributed by atoms with Crippen molar-refractivity contribution >= 4 is 5.91 Å². The highest BCUT2D eigenvalue weighted by molar-refractivity contribution is 5.76. The molecule has 4 rings (SSSR count). The van der Waals surface area contributed by atoms with Gasteiger partial charge >= 0.3 is 0 Å². The molecule has 0 saturated carbocycles. The van der Waals surface area contributed by atoms with Crippen LogP contribution in [0.5, 0.6) is 0 Å². The van der Waals surface area contributed by atoms with Crippen molar-refractivity contribution in [3.8, 4) is 0 Å². The zero-order valence-corrected chi connectivity index (χ0v) is 16.0. The van der Waals surface area contributed by atoms with E-state index < -0.39 is 0 Å². The molecule has 2 saturated heterocycles. The topological polar surface area (TPSA) is 67.2 Å². The summed E-state index contributed by atoms with van der Waals surface area (Å²) in [6.07, 6.45) is 5.59. The van der Waals surface area contributed by atoms with Crippen LogP contribution in [0.25, 0.3) is 0 Å². The number of hydrogen-bond donors (Lipinski definition) is 0. The Morgan fingerprint density at radius 1 is 1.22 bits per heavy atom. The highest BCUT2D eigenvalue weighted by Gasteiger charge is 2.42. The van der Waals surface area contributed by atoms with E-state index in [1.165, 1.54) is 24.0 Å². The fraction of sp³-hybridized carbons (Fsp3) is 0.600. The third kappa shape index (κ3) is 4.35. The number of rotatable bonds is 5. The Labute approximate surface area is 160 Å². The second-order valence-electron chi connectivity index (χ2n) is 8.19. The van der Waals surface area contributed by atoms with Crippen molar-refractivity contribution in [2.75, 3.05) is 26.2 Å². The van der Waals surface area contributed by atoms with E-state index in [9.17, 15) is 4.79 Å². The van der Waals surface area contributed by atoms with Crippen LogP contribution in [0.1, 0.15) is 36.8 Å². The predicted molar refractivity (Wildman–Crippen MR) is 102 cm³/mol. The lowest BCUT2D eigenvalue weighted by molar-refractivity contribution is -0.131. The van der Waals surface area contributed by atoms with Crippen LogP contribution in [0.3, 0.4) is 0 Å². The molecule has 7 heteroatoms. The smallest absolute Gasteiger partial charge is 0.224 e. The molecular weight excluding hydrogens is 340 g/mol. The van der Waals surface area contributed by atoms with Gasteiger partial charge in [-0.15, -0.1) is 5.10 Å². The molecule has 3 heterocycles. The number of benzene rings is 1. The number of hydrogen-bond acceptors (Lipinski definition) is 5. The summed E-state index contributed by atoms with van der Waals surface area (Å²) in [7, 11) is 0. The van der Waals surface area contributed by atoms with Gasteiger partial charge in [-0.3, -0.25) is 9.69 Å². The second kappa shape index (κ2) is 7.76. The summed E-state index contributed by atoms with van der Waals surface area (Å²) in [4.78, 5) is 17.2. The van der Waals surface area contributed by atoms with Crippen LogP contribution in [-0.2, 0) is 17.9 Å². The normalized spacial score (nSPS) is 23.2. The SMILES string of the molecule is Cc1cccc(CN2CCC[C@]3(CCN(C(=O)CCn4cnnn4)C3)C2)c1. The maximum Gasteiger partial charge on any atom is 0.224 e. The van der Waals surface area contributed by atoms with Crippen molar-refractivity contribution in [2.24, 2.45) is 5.41 Å². The highest BCUT2D eigenvalue weighted by Crippen LogP contribution is 2.39. The quantitative estimate of drug-likeness (QED) is 0.806. The zero-order chi connectivity index (χ0) is 18.7. The molecule has 0 bridgehead atoms. The number of aryl methyl sites for hydroxylation is 2. The predicted octanol–water partition coefficient (Wildman–Crippen LogP) is 1.89. The van der Waals surface area contributed by atoms with Crippen LogP contribution in [0.4, 0.5) is 0 Å². The first-order valence-electron chi connectivity index (χ1n) is 9.88.